The van der Waals surface area contributed by atoms with Gasteiger partial charge in [0, 0.05) is 23.0 Å². The van der Waals surface area contributed by atoms with E-state index in [9.17, 15) is 0 Å². The molecular weight excluding hydrogens is 258 g/mol. The number of benzene rings is 1. The highest BCUT2D eigenvalue weighted by Gasteiger charge is 2.39. The zero-order valence-electron chi connectivity index (χ0n) is 12.1. The summed E-state index contributed by atoms with van der Waals surface area (Å²) in [5.74, 6) is 1.56. The monoisotopic (exact) mass is 281 g/mol. The number of hydrogen-bond acceptors (Lipinski definition) is 2. The number of ether oxygens (including phenoxy) is 1. The second-order valence-corrected chi connectivity index (χ2v) is 6.29. The molecule has 106 valence electrons. The summed E-state index contributed by atoms with van der Waals surface area (Å²) in [5, 5.41) is 0.726. The van der Waals surface area contributed by atoms with Gasteiger partial charge in [0.15, 0.2) is 0 Å². The first-order valence-electron chi connectivity index (χ1n) is 7.23. The van der Waals surface area contributed by atoms with Crippen molar-refractivity contribution in [1.29, 1.82) is 0 Å². The molecule has 1 aliphatic rings. The number of hydrogen-bond donors (Lipinski definition) is 1. The van der Waals surface area contributed by atoms with Crippen molar-refractivity contribution in [3.8, 4) is 5.75 Å². The van der Waals surface area contributed by atoms with Gasteiger partial charge in [0.1, 0.15) is 11.4 Å². The Labute approximate surface area is 121 Å². The van der Waals surface area contributed by atoms with Gasteiger partial charge in [-0.15, -0.1) is 0 Å². The van der Waals surface area contributed by atoms with Crippen LogP contribution in [0.4, 0.5) is 0 Å². The van der Waals surface area contributed by atoms with E-state index in [1.54, 1.807) is 0 Å². The van der Waals surface area contributed by atoms with Crippen LogP contribution in [0.1, 0.15) is 58.1 Å². The number of halogens is 1. The summed E-state index contributed by atoms with van der Waals surface area (Å²) in [6.07, 6.45) is 4.11. The Morgan fingerprint density at radius 1 is 1.47 bits per heavy atom. The van der Waals surface area contributed by atoms with Crippen molar-refractivity contribution in [3.63, 3.8) is 0 Å². The summed E-state index contributed by atoms with van der Waals surface area (Å²) in [4.78, 5) is 0. The molecule has 1 aliphatic heterocycles. The Hall–Kier alpha value is -0.730. The molecule has 0 fully saturated rings. The second-order valence-electron chi connectivity index (χ2n) is 5.85. The van der Waals surface area contributed by atoms with Crippen LogP contribution < -0.4 is 10.5 Å². The third-order valence-corrected chi connectivity index (χ3v) is 4.59. The van der Waals surface area contributed by atoms with Crippen molar-refractivity contribution >= 4 is 11.6 Å². The predicted molar refractivity (Wildman–Crippen MR) is 80.7 cm³/mol. The van der Waals surface area contributed by atoms with Crippen molar-refractivity contribution < 1.29 is 4.74 Å². The molecular formula is C16H24ClNO. The van der Waals surface area contributed by atoms with Crippen LogP contribution in [-0.2, 0) is 0 Å². The average molecular weight is 282 g/mol. The topological polar surface area (TPSA) is 35.2 Å². The van der Waals surface area contributed by atoms with Crippen LogP contribution in [0, 0.1) is 5.92 Å². The number of nitrogens with two attached hydrogens (primary N) is 1. The molecule has 0 spiro atoms. The summed E-state index contributed by atoms with van der Waals surface area (Å²) in [6.45, 7) is 6.70. The molecule has 19 heavy (non-hydrogen) atoms. The fourth-order valence-corrected chi connectivity index (χ4v) is 3.13. The summed E-state index contributed by atoms with van der Waals surface area (Å²) >= 11 is 6.04. The van der Waals surface area contributed by atoms with Crippen molar-refractivity contribution in [1.82, 2.24) is 0 Å². The minimum Gasteiger partial charge on any atom is -0.487 e. The molecule has 0 amide bonds. The largest absolute Gasteiger partial charge is 0.487 e. The molecule has 1 heterocycles. The van der Waals surface area contributed by atoms with Gasteiger partial charge in [-0.3, -0.25) is 0 Å². The SMILES string of the molecule is CCC(C)CC1(CC)C[C@H](N)c2cc(Cl)ccc2O1. The molecule has 1 aromatic carbocycles. The molecule has 0 aliphatic carbocycles. The second kappa shape index (κ2) is 5.72. The van der Waals surface area contributed by atoms with Gasteiger partial charge in [0.25, 0.3) is 0 Å². The zero-order valence-corrected chi connectivity index (χ0v) is 12.8. The van der Waals surface area contributed by atoms with Crippen LogP contribution >= 0.6 is 11.6 Å². The van der Waals surface area contributed by atoms with Gasteiger partial charge in [-0.05, 0) is 37.0 Å². The van der Waals surface area contributed by atoms with Gasteiger partial charge < -0.3 is 10.5 Å². The van der Waals surface area contributed by atoms with Crippen LogP contribution in [0.3, 0.4) is 0 Å². The average Bonchev–Trinajstić information content (AvgIpc) is 2.39. The van der Waals surface area contributed by atoms with E-state index in [1.807, 2.05) is 18.2 Å². The normalized spacial score (nSPS) is 27.5. The van der Waals surface area contributed by atoms with Gasteiger partial charge in [-0.2, -0.15) is 0 Å². The molecule has 2 unspecified atom stereocenters. The predicted octanol–water partition coefficient (Wildman–Crippen LogP) is 4.71. The molecule has 0 bridgehead atoms. The molecule has 3 atom stereocenters. The molecule has 2 rings (SSSR count). The smallest absolute Gasteiger partial charge is 0.125 e. The van der Waals surface area contributed by atoms with Crippen molar-refractivity contribution in [3.05, 3.63) is 28.8 Å². The Morgan fingerprint density at radius 2 is 2.21 bits per heavy atom. The lowest BCUT2D eigenvalue weighted by molar-refractivity contribution is 0.0104. The van der Waals surface area contributed by atoms with Crippen LogP contribution in [0.25, 0.3) is 0 Å². The lowest BCUT2D eigenvalue weighted by atomic mass is 9.79. The highest BCUT2D eigenvalue weighted by Crippen LogP contribution is 2.44. The first-order chi connectivity index (χ1) is 8.99. The lowest BCUT2D eigenvalue weighted by Gasteiger charge is -2.42. The minimum absolute atomic E-state index is 0.0199. The zero-order chi connectivity index (χ0) is 14.0. The summed E-state index contributed by atoms with van der Waals surface area (Å²) in [6, 6.07) is 5.79. The lowest BCUT2D eigenvalue weighted by Crippen LogP contribution is -2.43. The molecule has 0 aromatic heterocycles. The highest BCUT2D eigenvalue weighted by molar-refractivity contribution is 6.30. The third-order valence-electron chi connectivity index (χ3n) is 4.35. The fourth-order valence-electron chi connectivity index (χ4n) is 2.95. The Morgan fingerprint density at radius 3 is 2.84 bits per heavy atom. The molecule has 1 aromatic rings. The molecule has 0 saturated heterocycles. The first kappa shape index (κ1) is 14.7. The van der Waals surface area contributed by atoms with Crippen molar-refractivity contribution in [2.75, 3.05) is 0 Å². The molecule has 0 saturated carbocycles. The van der Waals surface area contributed by atoms with Crippen LogP contribution in [0.5, 0.6) is 5.75 Å². The van der Waals surface area contributed by atoms with E-state index in [0.29, 0.717) is 5.92 Å². The number of rotatable bonds is 4. The van der Waals surface area contributed by atoms with Crippen LogP contribution in [0.2, 0.25) is 5.02 Å². The maximum atomic E-state index is 6.34. The Balaban J connectivity index is 2.29. The van der Waals surface area contributed by atoms with E-state index in [4.69, 9.17) is 22.1 Å². The number of fused-ring (bicyclic) bond motifs is 1. The summed E-state index contributed by atoms with van der Waals surface area (Å²) in [7, 11) is 0. The molecule has 3 heteroatoms. The quantitative estimate of drug-likeness (QED) is 0.868. The van der Waals surface area contributed by atoms with E-state index in [2.05, 4.69) is 20.8 Å². The minimum atomic E-state index is -0.115. The van der Waals surface area contributed by atoms with Crippen molar-refractivity contribution in [2.45, 2.75) is 58.1 Å². The van der Waals surface area contributed by atoms with E-state index in [0.717, 1.165) is 35.6 Å². The van der Waals surface area contributed by atoms with Gasteiger partial charge in [0.2, 0.25) is 0 Å². The van der Waals surface area contributed by atoms with Gasteiger partial charge in [-0.1, -0.05) is 38.8 Å². The first-order valence-corrected chi connectivity index (χ1v) is 7.61. The molecule has 2 nitrogen and oxygen atoms in total. The standard InChI is InChI=1S/C16H24ClNO/c1-4-11(3)9-16(5-2)10-14(18)13-8-12(17)6-7-15(13)19-16/h6-8,11,14H,4-5,9-10,18H2,1-3H3/t11?,14-,16?/m0/s1. The van der Waals surface area contributed by atoms with Crippen molar-refractivity contribution in [2.24, 2.45) is 11.7 Å². The van der Waals surface area contributed by atoms with E-state index < -0.39 is 0 Å². The van der Waals surface area contributed by atoms with E-state index in [1.165, 1.54) is 6.42 Å². The maximum Gasteiger partial charge on any atom is 0.125 e. The van der Waals surface area contributed by atoms with E-state index >= 15 is 0 Å². The third kappa shape index (κ3) is 3.06. The fraction of sp³-hybridized carbons (Fsp3) is 0.625. The van der Waals surface area contributed by atoms with E-state index in [-0.39, 0.29) is 11.6 Å². The van der Waals surface area contributed by atoms with Gasteiger partial charge in [0.05, 0.1) is 0 Å². The maximum absolute atomic E-state index is 6.34. The summed E-state index contributed by atoms with van der Waals surface area (Å²) in [5.41, 5.74) is 7.27. The highest BCUT2D eigenvalue weighted by atomic mass is 35.5. The Kier molecular flexibility index (Phi) is 4.42. The van der Waals surface area contributed by atoms with Crippen LogP contribution in [0.15, 0.2) is 18.2 Å². The molecule has 2 N–H and O–H groups in total. The summed E-state index contributed by atoms with van der Waals surface area (Å²) < 4.78 is 6.33. The van der Waals surface area contributed by atoms with Gasteiger partial charge >= 0.3 is 0 Å². The van der Waals surface area contributed by atoms with Crippen LogP contribution in [-0.4, -0.2) is 5.60 Å². The Bertz CT molecular complexity index is 448. The van der Waals surface area contributed by atoms with Gasteiger partial charge in [-0.25, -0.2) is 0 Å². The molecule has 0 radical (unpaired) electrons.